The molecule has 0 saturated carbocycles. The minimum absolute atomic E-state index is 0.0473. The first-order valence-corrected chi connectivity index (χ1v) is 8.17. The fourth-order valence-corrected chi connectivity index (χ4v) is 2.71. The number of nitrogens with one attached hydrogen (secondary N) is 1. The van der Waals surface area contributed by atoms with Gasteiger partial charge in [-0.05, 0) is 42.5 Å². The number of likely N-dealkylation sites (N-methyl/N-ethyl adjacent to an activating group) is 1. The van der Waals surface area contributed by atoms with Crippen LogP contribution in [0.5, 0.6) is 11.5 Å². The first-order chi connectivity index (χ1) is 11.5. The summed E-state index contributed by atoms with van der Waals surface area (Å²) in [6.07, 6.45) is -0.138. The molecule has 1 heterocycles. The average Bonchev–Trinajstić information content (AvgIpc) is 2.58. The molecule has 2 aromatic carbocycles. The van der Waals surface area contributed by atoms with Crippen molar-refractivity contribution in [3.05, 3.63) is 53.3 Å². The van der Waals surface area contributed by atoms with E-state index in [0.717, 1.165) is 11.5 Å². The van der Waals surface area contributed by atoms with Gasteiger partial charge in [-0.25, -0.2) is 4.39 Å². The lowest BCUT2D eigenvalue weighted by atomic mass is 10.2. The summed E-state index contributed by atoms with van der Waals surface area (Å²) in [4.78, 5) is 1.84. The van der Waals surface area contributed by atoms with Crippen LogP contribution in [0.2, 0.25) is 5.02 Å². The van der Waals surface area contributed by atoms with Gasteiger partial charge in [-0.2, -0.15) is 0 Å². The molecule has 7 heteroatoms. The fraction of sp³-hybridized carbons (Fsp3) is 0.235. The number of anilines is 1. The average molecular weight is 367 g/mol. The van der Waals surface area contributed by atoms with E-state index in [2.05, 4.69) is 5.32 Å². The molecule has 0 spiro atoms. The molecule has 126 valence electrons. The van der Waals surface area contributed by atoms with Gasteiger partial charge >= 0.3 is 0 Å². The number of hydrogen-bond donors (Lipinski definition) is 1. The molecule has 3 rings (SSSR count). The highest BCUT2D eigenvalue weighted by atomic mass is 35.5. The number of rotatable bonds is 3. The minimum Gasteiger partial charge on any atom is -0.486 e. The number of benzene rings is 2. The van der Waals surface area contributed by atoms with Crippen LogP contribution in [0.25, 0.3) is 0 Å². The summed E-state index contributed by atoms with van der Waals surface area (Å²) < 4.78 is 24.8. The Morgan fingerprint density at radius 2 is 2.08 bits per heavy atom. The van der Waals surface area contributed by atoms with Gasteiger partial charge in [0.05, 0.1) is 11.6 Å². The molecule has 0 bridgehead atoms. The second-order valence-electron chi connectivity index (χ2n) is 5.44. The summed E-state index contributed by atoms with van der Waals surface area (Å²) in [7, 11) is 1.85. The maximum absolute atomic E-state index is 13.2. The summed E-state index contributed by atoms with van der Waals surface area (Å²) in [5.41, 5.74) is 0.629. The summed E-state index contributed by atoms with van der Waals surface area (Å²) in [5.74, 6) is 1.01. The number of thiocarbonyl (C=S) groups is 1. The van der Waals surface area contributed by atoms with Crippen LogP contribution in [0, 0.1) is 5.82 Å². The van der Waals surface area contributed by atoms with Crippen molar-refractivity contribution in [2.75, 3.05) is 25.5 Å². The third-order valence-corrected chi connectivity index (χ3v) is 4.27. The maximum atomic E-state index is 13.2. The van der Waals surface area contributed by atoms with Crippen molar-refractivity contribution < 1.29 is 13.9 Å². The van der Waals surface area contributed by atoms with Crippen LogP contribution in [-0.4, -0.2) is 36.3 Å². The second kappa shape index (κ2) is 7.23. The van der Waals surface area contributed by atoms with Crippen LogP contribution in [-0.2, 0) is 0 Å². The van der Waals surface area contributed by atoms with E-state index in [-0.39, 0.29) is 11.1 Å². The summed E-state index contributed by atoms with van der Waals surface area (Å²) in [5, 5.41) is 3.56. The van der Waals surface area contributed by atoms with Crippen molar-refractivity contribution >= 4 is 34.6 Å². The van der Waals surface area contributed by atoms with Gasteiger partial charge in [0.25, 0.3) is 0 Å². The molecule has 24 heavy (non-hydrogen) atoms. The Morgan fingerprint density at radius 3 is 2.83 bits per heavy atom. The lowest BCUT2D eigenvalue weighted by Crippen LogP contribution is -2.43. The topological polar surface area (TPSA) is 33.7 Å². The molecular formula is C17H16ClFN2O2S. The third kappa shape index (κ3) is 3.88. The molecule has 1 aliphatic rings. The monoisotopic (exact) mass is 366 g/mol. The van der Waals surface area contributed by atoms with Crippen molar-refractivity contribution in [2.45, 2.75) is 6.10 Å². The Kier molecular flexibility index (Phi) is 5.06. The largest absolute Gasteiger partial charge is 0.486 e. The lowest BCUT2D eigenvalue weighted by Gasteiger charge is -2.30. The van der Waals surface area contributed by atoms with Crippen molar-refractivity contribution in [3.8, 4) is 11.5 Å². The zero-order valence-corrected chi connectivity index (χ0v) is 14.5. The van der Waals surface area contributed by atoms with Gasteiger partial charge < -0.3 is 19.7 Å². The molecule has 0 fully saturated rings. The van der Waals surface area contributed by atoms with E-state index in [1.165, 1.54) is 12.1 Å². The molecule has 2 aromatic rings. The Balaban J connectivity index is 1.57. The molecule has 1 aliphatic heterocycles. The van der Waals surface area contributed by atoms with Crippen LogP contribution in [0.4, 0.5) is 10.1 Å². The predicted molar refractivity (Wildman–Crippen MR) is 96.6 cm³/mol. The molecule has 0 radical (unpaired) electrons. The quantitative estimate of drug-likeness (QED) is 0.832. The standard InChI is InChI=1S/C17H16ClFN2O2S/c1-21(17(24)20-11-6-7-14(19)13(18)8-11)9-12-10-22-15-4-2-3-5-16(15)23-12/h2-8,12H,9-10H2,1H3,(H,20,24)/t12-/m0/s1. The molecule has 0 aliphatic carbocycles. The first kappa shape index (κ1) is 16.8. The van der Waals surface area contributed by atoms with Crippen LogP contribution >= 0.6 is 23.8 Å². The summed E-state index contributed by atoms with van der Waals surface area (Å²) >= 11 is 11.1. The number of ether oxygens (including phenoxy) is 2. The highest BCUT2D eigenvalue weighted by molar-refractivity contribution is 7.80. The Hall–Kier alpha value is -2.05. The number of para-hydroxylation sites is 2. The SMILES string of the molecule is CN(C[C@H]1COc2ccccc2O1)C(=S)Nc1ccc(F)c(Cl)c1. The molecule has 0 unspecified atom stereocenters. The van der Waals surface area contributed by atoms with Crippen molar-refractivity contribution in [1.82, 2.24) is 4.90 Å². The number of hydrogen-bond acceptors (Lipinski definition) is 3. The van der Waals surface area contributed by atoms with Gasteiger partial charge in [-0.1, -0.05) is 23.7 Å². The van der Waals surface area contributed by atoms with Crippen LogP contribution < -0.4 is 14.8 Å². The molecule has 1 atom stereocenters. The van der Waals surface area contributed by atoms with Gasteiger partial charge in [0.2, 0.25) is 0 Å². The summed E-state index contributed by atoms with van der Waals surface area (Å²) in [6.45, 7) is 1.00. The zero-order chi connectivity index (χ0) is 17.1. The molecular weight excluding hydrogens is 351 g/mol. The van der Waals surface area contributed by atoms with Crippen LogP contribution in [0.15, 0.2) is 42.5 Å². The van der Waals surface area contributed by atoms with E-state index in [4.69, 9.17) is 33.3 Å². The van der Waals surface area contributed by atoms with E-state index < -0.39 is 5.82 Å². The van der Waals surface area contributed by atoms with Crippen molar-refractivity contribution in [2.24, 2.45) is 0 Å². The minimum atomic E-state index is -0.465. The van der Waals surface area contributed by atoms with Crippen LogP contribution in [0.1, 0.15) is 0 Å². The van der Waals surface area contributed by atoms with E-state index in [1.807, 2.05) is 36.2 Å². The van der Waals surface area contributed by atoms with Gasteiger partial charge in [-0.3, -0.25) is 0 Å². The lowest BCUT2D eigenvalue weighted by molar-refractivity contribution is 0.0784. The third-order valence-electron chi connectivity index (χ3n) is 3.56. The maximum Gasteiger partial charge on any atom is 0.173 e. The van der Waals surface area contributed by atoms with E-state index in [0.29, 0.717) is 24.0 Å². The molecule has 0 amide bonds. The Morgan fingerprint density at radius 1 is 1.33 bits per heavy atom. The molecule has 1 N–H and O–H groups in total. The first-order valence-electron chi connectivity index (χ1n) is 7.38. The second-order valence-corrected chi connectivity index (χ2v) is 6.23. The predicted octanol–water partition coefficient (Wildman–Crippen LogP) is 3.95. The molecule has 0 aromatic heterocycles. The van der Waals surface area contributed by atoms with Gasteiger partial charge in [0.1, 0.15) is 12.4 Å². The number of halogens is 2. The van der Waals surface area contributed by atoms with Crippen molar-refractivity contribution in [1.29, 1.82) is 0 Å². The van der Waals surface area contributed by atoms with Crippen LogP contribution in [0.3, 0.4) is 0 Å². The van der Waals surface area contributed by atoms with Gasteiger partial charge in [0, 0.05) is 12.7 Å². The van der Waals surface area contributed by atoms with Gasteiger partial charge in [0.15, 0.2) is 22.7 Å². The smallest absolute Gasteiger partial charge is 0.173 e. The zero-order valence-electron chi connectivity index (χ0n) is 13.0. The summed E-state index contributed by atoms with van der Waals surface area (Å²) in [6, 6.07) is 11.9. The molecule has 4 nitrogen and oxygen atoms in total. The Labute approximate surface area is 150 Å². The molecule has 0 saturated heterocycles. The van der Waals surface area contributed by atoms with E-state index in [1.54, 1.807) is 6.07 Å². The fourth-order valence-electron chi connectivity index (χ4n) is 2.33. The Bertz CT molecular complexity index is 759. The number of nitrogens with zero attached hydrogens (tertiary/aromatic N) is 1. The van der Waals surface area contributed by atoms with E-state index >= 15 is 0 Å². The van der Waals surface area contributed by atoms with E-state index in [9.17, 15) is 4.39 Å². The van der Waals surface area contributed by atoms with Crippen molar-refractivity contribution in [3.63, 3.8) is 0 Å². The highest BCUT2D eigenvalue weighted by Crippen LogP contribution is 2.31. The van der Waals surface area contributed by atoms with Gasteiger partial charge in [-0.15, -0.1) is 0 Å². The number of fused-ring (bicyclic) bond motifs is 1. The normalized spacial score (nSPS) is 15.7. The highest BCUT2D eigenvalue weighted by Gasteiger charge is 2.22.